The molecular formula is C28H24N2S. The van der Waals surface area contributed by atoms with Crippen LogP contribution in [0.1, 0.15) is 24.1 Å². The van der Waals surface area contributed by atoms with Gasteiger partial charge in [0.1, 0.15) is 0 Å². The van der Waals surface area contributed by atoms with Gasteiger partial charge in [-0.3, -0.25) is 4.99 Å². The summed E-state index contributed by atoms with van der Waals surface area (Å²) in [6, 6.07) is 36.3. The van der Waals surface area contributed by atoms with E-state index in [2.05, 4.69) is 115 Å². The van der Waals surface area contributed by atoms with Crippen molar-refractivity contribution in [1.82, 2.24) is 0 Å². The SMILES string of the molecule is CC(C1=NC(c2ccccc2)CS1)=C(Nc1ccc2ccccc2c1)c1ccccc1. The van der Waals surface area contributed by atoms with Gasteiger partial charge in [0.15, 0.2) is 0 Å². The van der Waals surface area contributed by atoms with E-state index in [1.54, 1.807) is 0 Å². The van der Waals surface area contributed by atoms with Crippen molar-refractivity contribution in [1.29, 1.82) is 0 Å². The third-order valence-corrected chi connectivity index (χ3v) is 6.78. The van der Waals surface area contributed by atoms with Crippen molar-refractivity contribution < 1.29 is 0 Å². The molecule has 1 aliphatic rings. The van der Waals surface area contributed by atoms with E-state index in [0.29, 0.717) is 0 Å². The number of nitrogens with one attached hydrogen (secondary N) is 1. The zero-order chi connectivity index (χ0) is 21.0. The smallest absolute Gasteiger partial charge is 0.0963 e. The Morgan fingerprint density at radius 3 is 2.26 bits per heavy atom. The van der Waals surface area contributed by atoms with Gasteiger partial charge in [0, 0.05) is 17.0 Å². The van der Waals surface area contributed by atoms with Crippen molar-refractivity contribution >= 4 is 39.0 Å². The van der Waals surface area contributed by atoms with Gasteiger partial charge in [0.25, 0.3) is 0 Å². The number of benzene rings is 4. The first-order valence-electron chi connectivity index (χ1n) is 10.6. The van der Waals surface area contributed by atoms with Crippen LogP contribution in [0.4, 0.5) is 5.69 Å². The van der Waals surface area contributed by atoms with Gasteiger partial charge in [-0.15, -0.1) is 11.8 Å². The maximum Gasteiger partial charge on any atom is 0.0963 e. The summed E-state index contributed by atoms with van der Waals surface area (Å²) in [5.41, 5.74) is 5.82. The number of anilines is 1. The molecule has 0 fully saturated rings. The topological polar surface area (TPSA) is 24.4 Å². The van der Waals surface area contributed by atoms with Crippen molar-refractivity contribution in [2.75, 3.05) is 11.1 Å². The molecule has 1 aliphatic heterocycles. The third kappa shape index (κ3) is 4.28. The summed E-state index contributed by atoms with van der Waals surface area (Å²) in [6.07, 6.45) is 0. The van der Waals surface area contributed by atoms with Gasteiger partial charge in [-0.05, 0) is 41.0 Å². The monoisotopic (exact) mass is 420 g/mol. The normalized spacial score (nSPS) is 16.7. The van der Waals surface area contributed by atoms with Crippen LogP contribution in [0, 0.1) is 0 Å². The van der Waals surface area contributed by atoms with Gasteiger partial charge >= 0.3 is 0 Å². The maximum atomic E-state index is 5.08. The molecule has 1 heterocycles. The van der Waals surface area contributed by atoms with Crippen LogP contribution >= 0.6 is 11.8 Å². The molecule has 0 saturated carbocycles. The van der Waals surface area contributed by atoms with Crippen LogP contribution in [-0.2, 0) is 0 Å². The summed E-state index contributed by atoms with van der Waals surface area (Å²) in [6.45, 7) is 2.18. The minimum atomic E-state index is 0.217. The highest BCUT2D eigenvalue weighted by Gasteiger charge is 2.22. The summed E-state index contributed by atoms with van der Waals surface area (Å²) >= 11 is 1.84. The highest BCUT2D eigenvalue weighted by molar-refractivity contribution is 8.14. The molecule has 152 valence electrons. The van der Waals surface area contributed by atoms with Gasteiger partial charge in [0.05, 0.1) is 16.8 Å². The van der Waals surface area contributed by atoms with Crippen LogP contribution in [0.3, 0.4) is 0 Å². The van der Waals surface area contributed by atoms with E-state index < -0.39 is 0 Å². The highest BCUT2D eigenvalue weighted by atomic mass is 32.2. The zero-order valence-corrected chi connectivity index (χ0v) is 18.3. The second kappa shape index (κ2) is 8.83. The fraction of sp³-hybridized carbons (Fsp3) is 0.107. The Morgan fingerprint density at radius 2 is 1.48 bits per heavy atom. The Balaban J connectivity index is 1.53. The molecule has 1 unspecified atom stereocenters. The first-order chi connectivity index (χ1) is 15.3. The highest BCUT2D eigenvalue weighted by Crippen LogP contribution is 2.35. The molecule has 0 radical (unpaired) electrons. The number of hydrogen-bond donors (Lipinski definition) is 1. The Morgan fingerprint density at radius 1 is 0.806 bits per heavy atom. The number of fused-ring (bicyclic) bond motifs is 1. The number of nitrogens with zero attached hydrogens (tertiary/aromatic N) is 1. The molecule has 0 saturated heterocycles. The van der Waals surface area contributed by atoms with E-state index in [1.165, 1.54) is 27.5 Å². The van der Waals surface area contributed by atoms with Crippen LogP contribution in [0.2, 0.25) is 0 Å². The van der Waals surface area contributed by atoms with E-state index in [1.807, 2.05) is 11.8 Å². The molecule has 1 N–H and O–H groups in total. The molecular weight excluding hydrogens is 396 g/mol. The lowest BCUT2D eigenvalue weighted by atomic mass is 10.1. The molecule has 2 nitrogen and oxygen atoms in total. The van der Waals surface area contributed by atoms with Crippen molar-refractivity contribution in [3.63, 3.8) is 0 Å². The Kier molecular flexibility index (Phi) is 5.59. The standard InChI is InChI=1S/C28H24N2S/c1-20(28-30-26(19-31-28)22-11-4-2-5-12-22)27(23-13-6-3-7-14-23)29-25-17-16-21-10-8-9-15-24(21)18-25/h2-18,26,29H,19H2,1H3. The maximum absolute atomic E-state index is 5.08. The molecule has 0 aliphatic carbocycles. The van der Waals surface area contributed by atoms with Crippen molar-refractivity contribution in [3.8, 4) is 0 Å². The van der Waals surface area contributed by atoms with E-state index >= 15 is 0 Å². The van der Waals surface area contributed by atoms with E-state index in [4.69, 9.17) is 4.99 Å². The average Bonchev–Trinajstić information content (AvgIpc) is 3.34. The van der Waals surface area contributed by atoms with Crippen molar-refractivity contribution in [2.45, 2.75) is 13.0 Å². The quantitative estimate of drug-likeness (QED) is 0.360. The van der Waals surface area contributed by atoms with Crippen LogP contribution < -0.4 is 5.32 Å². The van der Waals surface area contributed by atoms with E-state index in [9.17, 15) is 0 Å². The van der Waals surface area contributed by atoms with Gasteiger partial charge in [-0.25, -0.2) is 0 Å². The van der Waals surface area contributed by atoms with Crippen LogP contribution in [0.5, 0.6) is 0 Å². The summed E-state index contributed by atoms with van der Waals surface area (Å²) in [4.78, 5) is 5.08. The summed E-state index contributed by atoms with van der Waals surface area (Å²) < 4.78 is 0. The summed E-state index contributed by atoms with van der Waals surface area (Å²) in [7, 11) is 0. The van der Waals surface area contributed by atoms with Gasteiger partial charge in [-0.2, -0.15) is 0 Å². The number of aliphatic imine (C=N–C) groups is 1. The molecule has 1 atom stereocenters. The fourth-order valence-corrected chi connectivity index (χ4v) is 5.03. The largest absolute Gasteiger partial charge is 0.355 e. The summed E-state index contributed by atoms with van der Waals surface area (Å²) in [5.74, 6) is 0.981. The van der Waals surface area contributed by atoms with Gasteiger partial charge < -0.3 is 5.32 Å². The Hall–Kier alpha value is -3.30. The van der Waals surface area contributed by atoms with E-state index in [-0.39, 0.29) is 6.04 Å². The second-order valence-corrected chi connectivity index (χ2v) is 8.73. The first kappa shape index (κ1) is 19.7. The minimum absolute atomic E-state index is 0.217. The molecule has 0 amide bonds. The van der Waals surface area contributed by atoms with Gasteiger partial charge in [-0.1, -0.05) is 91.0 Å². The molecule has 5 rings (SSSR count). The molecule has 0 bridgehead atoms. The van der Waals surface area contributed by atoms with Gasteiger partial charge in [0.2, 0.25) is 0 Å². The minimum Gasteiger partial charge on any atom is -0.355 e. The number of rotatable bonds is 5. The molecule has 4 aromatic rings. The lowest BCUT2D eigenvalue weighted by Crippen LogP contribution is -2.06. The predicted molar refractivity (Wildman–Crippen MR) is 136 cm³/mol. The lowest BCUT2D eigenvalue weighted by molar-refractivity contribution is 0.849. The van der Waals surface area contributed by atoms with Crippen LogP contribution in [-0.4, -0.2) is 10.8 Å². The average molecular weight is 421 g/mol. The second-order valence-electron chi connectivity index (χ2n) is 7.72. The summed E-state index contributed by atoms with van der Waals surface area (Å²) in [5, 5.41) is 7.29. The van der Waals surface area contributed by atoms with Crippen molar-refractivity contribution in [2.24, 2.45) is 4.99 Å². The Labute approximate surface area is 187 Å². The fourth-order valence-electron chi connectivity index (χ4n) is 3.93. The number of hydrogen-bond acceptors (Lipinski definition) is 3. The Bertz CT molecular complexity index is 1260. The van der Waals surface area contributed by atoms with Crippen LogP contribution in [0.15, 0.2) is 114 Å². The predicted octanol–water partition coefficient (Wildman–Crippen LogP) is 7.57. The van der Waals surface area contributed by atoms with Crippen LogP contribution in [0.25, 0.3) is 16.5 Å². The molecule has 0 spiro atoms. The molecule has 3 heteroatoms. The van der Waals surface area contributed by atoms with Crippen molar-refractivity contribution in [3.05, 3.63) is 120 Å². The number of thioether (sulfide) groups is 1. The molecule has 31 heavy (non-hydrogen) atoms. The van der Waals surface area contributed by atoms with E-state index in [0.717, 1.165) is 22.2 Å². The third-order valence-electron chi connectivity index (χ3n) is 5.61. The first-order valence-corrected chi connectivity index (χ1v) is 11.5. The lowest BCUT2D eigenvalue weighted by Gasteiger charge is -2.16. The zero-order valence-electron chi connectivity index (χ0n) is 17.5. The molecule has 4 aromatic carbocycles. The molecule has 0 aromatic heterocycles.